The summed E-state index contributed by atoms with van der Waals surface area (Å²) >= 11 is 0. The molecule has 0 saturated heterocycles. The van der Waals surface area contributed by atoms with Gasteiger partial charge in [0.1, 0.15) is 11.6 Å². The van der Waals surface area contributed by atoms with Crippen molar-refractivity contribution in [3.05, 3.63) is 35.4 Å². The minimum absolute atomic E-state index is 0. The fourth-order valence-corrected chi connectivity index (χ4v) is 2.11. The summed E-state index contributed by atoms with van der Waals surface area (Å²) in [7, 11) is 4.70. The average molecular weight is 480 g/mol. The van der Waals surface area contributed by atoms with E-state index >= 15 is 0 Å². The Morgan fingerprint density at radius 1 is 1.16 bits per heavy atom. The molecule has 25 heavy (non-hydrogen) atoms. The van der Waals surface area contributed by atoms with Crippen LogP contribution in [0.2, 0.25) is 0 Å². The van der Waals surface area contributed by atoms with Gasteiger partial charge in [-0.3, -0.25) is 4.99 Å². The largest absolute Gasteiger partial charge is 0.390 e. The molecule has 1 aromatic rings. The summed E-state index contributed by atoms with van der Waals surface area (Å²) in [6.07, 6.45) is -5.28. The van der Waals surface area contributed by atoms with Gasteiger partial charge in [0.05, 0.1) is 12.5 Å². The van der Waals surface area contributed by atoms with Crippen LogP contribution in [0.4, 0.5) is 22.0 Å². The summed E-state index contributed by atoms with van der Waals surface area (Å²) in [5, 5.41) is 5.30. The highest BCUT2D eigenvalue weighted by molar-refractivity contribution is 14.0. The van der Waals surface area contributed by atoms with E-state index in [1.165, 1.54) is 13.1 Å². The van der Waals surface area contributed by atoms with Crippen LogP contribution in [0.1, 0.15) is 18.0 Å². The van der Waals surface area contributed by atoms with Crippen LogP contribution in [0.25, 0.3) is 0 Å². The third kappa shape index (κ3) is 8.17. The Labute approximate surface area is 160 Å². The first kappa shape index (κ1) is 23.8. The van der Waals surface area contributed by atoms with E-state index in [2.05, 4.69) is 15.6 Å². The van der Waals surface area contributed by atoms with Gasteiger partial charge in [0, 0.05) is 25.7 Å². The van der Waals surface area contributed by atoms with Crippen LogP contribution in [0.5, 0.6) is 0 Å². The fourth-order valence-electron chi connectivity index (χ4n) is 2.11. The van der Waals surface area contributed by atoms with Gasteiger partial charge in [-0.25, -0.2) is 8.78 Å². The Balaban J connectivity index is 0.00000576. The Morgan fingerprint density at radius 2 is 1.72 bits per heavy atom. The lowest BCUT2D eigenvalue weighted by molar-refractivity contribution is -0.132. The first-order valence-electron chi connectivity index (χ1n) is 7.27. The second-order valence-electron chi connectivity index (χ2n) is 5.36. The number of hydrogen-bond acceptors (Lipinski definition) is 2. The first-order chi connectivity index (χ1) is 11.2. The van der Waals surface area contributed by atoms with Crippen LogP contribution in [-0.2, 0) is 0 Å². The highest BCUT2D eigenvalue weighted by Gasteiger charge is 2.26. The second kappa shape index (κ2) is 10.7. The van der Waals surface area contributed by atoms with Crippen LogP contribution in [0.3, 0.4) is 0 Å². The Hall–Kier alpha value is -1.17. The third-order valence-electron chi connectivity index (χ3n) is 3.34. The van der Waals surface area contributed by atoms with Crippen molar-refractivity contribution in [2.45, 2.75) is 18.6 Å². The SMILES string of the molecule is CN=C(NCCC(F)(F)F)NCC(c1c(F)cccc1F)N(C)C.I. The summed E-state index contributed by atoms with van der Waals surface area (Å²) in [5.74, 6) is -1.24. The molecule has 0 aliphatic heterocycles. The minimum Gasteiger partial charge on any atom is -0.356 e. The lowest BCUT2D eigenvalue weighted by Gasteiger charge is -2.26. The van der Waals surface area contributed by atoms with E-state index in [1.807, 2.05) is 0 Å². The van der Waals surface area contributed by atoms with Gasteiger partial charge < -0.3 is 15.5 Å². The summed E-state index contributed by atoms with van der Waals surface area (Å²) in [6.45, 7) is -0.277. The normalized spacial score (nSPS) is 13.4. The van der Waals surface area contributed by atoms with E-state index in [4.69, 9.17) is 0 Å². The molecule has 0 aliphatic rings. The molecule has 144 valence electrons. The van der Waals surface area contributed by atoms with Gasteiger partial charge in [0.2, 0.25) is 0 Å². The number of likely N-dealkylation sites (N-methyl/N-ethyl adjacent to an activating group) is 1. The maximum Gasteiger partial charge on any atom is 0.390 e. The zero-order valence-corrected chi connectivity index (χ0v) is 16.5. The van der Waals surface area contributed by atoms with Crippen molar-refractivity contribution in [3.63, 3.8) is 0 Å². The second-order valence-corrected chi connectivity index (χ2v) is 5.36. The molecular formula is C15H22F5IN4. The van der Waals surface area contributed by atoms with Crippen LogP contribution >= 0.6 is 24.0 Å². The van der Waals surface area contributed by atoms with E-state index < -0.39 is 30.3 Å². The molecule has 10 heteroatoms. The van der Waals surface area contributed by atoms with Crippen molar-refractivity contribution >= 4 is 29.9 Å². The lowest BCUT2D eigenvalue weighted by Crippen LogP contribution is -2.43. The predicted octanol–water partition coefficient (Wildman–Crippen LogP) is 3.30. The number of nitrogens with zero attached hydrogens (tertiary/aromatic N) is 2. The molecule has 2 N–H and O–H groups in total. The van der Waals surface area contributed by atoms with Crippen LogP contribution < -0.4 is 10.6 Å². The molecule has 1 atom stereocenters. The van der Waals surface area contributed by atoms with Crippen LogP contribution in [0.15, 0.2) is 23.2 Å². The minimum atomic E-state index is -4.27. The Kier molecular flexibility index (Phi) is 10.2. The molecule has 0 saturated carbocycles. The highest BCUT2D eigenvalue weighted by Crippen LogP contribution is 2.23. The van der Waals surface area contributed by atoms with Gasteiger partial charge in [-0.15, -0.1) is 24.0 Å². The molecule has 1 rings (SSSR count). The summed E-state index contributed by atoms with van der Waals surface area (Å²) in [6, 6.07) is 2.93. The van der Waals surface area contributed by atoms with E-state index in [0.717, 1.165) is 12.1 Å². The standard InChI is InChI=1S/C15H21F5N4.HI/c1-21-14(22-8-7-15(18,19)20)23-9-12(24(2)3)13-10(16)5-4-6-11(13)17;/h4-6,12H,7-9H2,1-3H3,(H2,21,22,23);1H. The van der Waals surface area contributed by atoms with Gasteiger partial charge in [-0.1, -0.05) is 6.07 Å². The smallest absolute Gasteiger partial charge is 0.356 e. The summed E-state index contributed by atoms with van der Waals surface area (Å²) in [4.78, 5) is 5.41. The summed E-state index contributed by atoms with van der Waals surface area (Å²) < 4.78 is 64.3. The van der Waals surface area contributed by atoms with Crippen molar-refractivity contribution < 1.29 is 22.0 Å². The zero-order chi connectivity index (χ0) is 18.3. The number of benzene rings is 1. The lowest BCUT2D eigenvalue weighted by atomic mass is 10.0. The number of guanidine groups is 1. The molecule has 0 radical (unpaired) electrons. The summed E-state index contributed by atoms with van der Waals surface area (Å²) in [5.41, 5.74) is -0.110. The number of nitrogens with one attached hydrogen (secondary N) is 2. The highest BCUT2D eigenvalue weighted by atomic mass is 127. The number of alkyl halides is 3. The Bertz CT molecular complexity index is 543. The van der Waals surface area contributed by atoms with Gasteiger partial charge in [0.15, 0.2) is 5.96 Å². The predicted molar refractivity (Wildman–Crippen MR) is 98.2 cm³/mol. The van der Waals surface area contributed by atoms with Crippen LogP contribution in [0, 0.1) is 11.6 Å². The van der Waals surface area contributed by atoms with E-state index in [-0.39, 0.29) is 48.6 Å². The van der Waals surface area contributed by atoms with Gasteiger partial charge >= 0.3 is 6.18 Å². The third-order valence-corrected chi connectivity index (χ3v) is 3.34. The van der Waals surface area contributed by atoms with Crippen LogP contribution in [-0.4, -0.2) is 51.3 Å². The fraction of sp³-hybridized carbons (Fsp3) is 0.533. The molecule has 1 aromatic carbocycles. The Morgan fingerprint density at radius 3 is 2.16 bits per heavy atom. The van der Waals surface area contributed by atoms with Gasteiger partial charge in [-0.2, -0.15) is 13.2 Å². The van der Waals surface area contributed by atoms with Crippen molar-refractivity contribution in [2.24, 2.45) is 4.99 Å². The maximum atomic E-state index is 13.9. The number of halogens is 6. The molecule has 0 aromatic heterocycles. The van der Waals surface area contributed by atoms with Crippen molar-refractivity contribution in [1.82, 2.24) is 15.5 Å². The quantitative estimate of drug-likeness (QED) is 0.284. The molecule has 0 heterocycles. The van der Waals surface area contributed by atoms with E-state index in [9.17, 15) is 22.0 Å². The molecular weight excluding hydrogens is 458 g/mol. The van der Waals surface area contributed by atoms with Crippen molar-refractivity contribution in [3.8, 4) is 0 Å². The number of aliphatic imine (C=N–C) groups is 1. The van der Waals surface area contributed by atoms with Gasteiger partial charge in [0.25, 0.3) is 0 Å². The zero-order valence-electron chi connectivity index (χ0n) is 14.1. The molecule has 0 bridgehead atoms. The van der Waals surface area contributed by atoms with Gasteiger partial charge in [-0.05, 0) is 26.2 Å². The number of hydrogen-bond donors (Lipinski definition) is 2. The van der Waals surface area contributed by atoms with E-state index in [1.54, 1.807) is 19.0 Å². The van der Waals surface area contributed by atoms with E-state index in [0.29, 0.717) is 0 Å². The van der Waals surface area contributed by atoms with Crippen molar-refractivity contribution in [2.75, 3.05) is 34.2 Å². The topological polar surface area (TPSA) is 39.7 Å². The maximum absolute atomic E-state index is 13.9. The molecule has 0 amide bonds. The molecule has 4 nitrogen and oxygen atoms in total. The first-order valence-corrected chi connectivity index (χ1v) is 7.27. The molecule has 0 spiro atoms. The van der Waals surface area contributed by atoms with Crippen molar-refractivity contribution in [1.29, 1.82) is 0 Å². The molecule has 0 aliphatic carbocycles. The monoisotopic (exact) mass is 480 g/mol. The molecule has 1 unspecified atom stereocenters. The number of rotatable bonds is 6. The average Bonchev–Trinajstić information content (AvgIpc) is 2.46. The molecule has 0 fully saturated rings.